The van der Waals surface area contributed by atoms with Crippen LogP contribution >= 0.6 is 0 Å². The Morgan fingerprint density at radius 1 is 0.912 bits per heavy atom. The highest BCUT2D eigenvalue weighted by atomic mass is 16.5. The number of ether oxygens (including phenoxy) is 2. The van der Waals surface area contributed by atoms with Crippen LogP contribution in [0.4, 0.5) is 0 Å². The fourth-order valence-electron chi connectivity index (χ4n) is 2.89. The molecule has 0 radical (unpaired) electrons. The highest BCUT2D eigenvalue weighted by molar-refractivity contribution is 5.93. The summed E-state index contributed by atoms with van der Waals surface area (Å²) in [5.41, 5.74) is -5.41. The lowest BCUT2D eigenvalue weighted by Gasteiger charge is -2.38. The third-order valence-electron chi connectivity index (χ3n) is 4.77. The van der Waals surface area contributed by atoms with Crippen molar-refractivity contribution in [2.24, 2.45) is 0 Å². The van der Waals surface area contributed by atoms with E-state index in [0.29, 0.717) is 0 Å². The first kappa shape index (κ1) is 31.6. The summed E-state index contributed by atoms with van der Waals surface area (Å²) in [6.07, 6.45) is -10.9. The van der Waals surface area contributed by atoms with E-state index in [2.05, 4.69) is 11.3 Å². The minimum atomic E-state index is -2.95. The van der Waals surface area contributed by atoms with Crippen molar-refractivity contribution in [2.45, 2.75) is 49.8 Å². The minimum absolute atomic E-state index is 0.0269. The number of carboxylic acid groups (broad SMARTS) is 1. The van der Waals surface area contributed by atoms with Crippen LogP contribution in [0, 0.1) is 0 Å². The number of hydrogen-bond acceptors (Lipinski definition) is 13. The lowest BCUT2D eigenvalue weighted by Crippen LogP contribution is -2.56. The van der Waals surface area contributed by atoms with Gasteiger partial charge in [0.2, 0.25) is 0 Å². The standard InChI is InChI=1S/C20H32O14/c1-3-33-18(30)10(2)9-34-19(31)16(15(11(24)6-21)12(25)7-22)17(29)20(32,13(26)8-23)5-4-14(27)28/h11-13,17,21-26,29,32H,2-9H2,1H3,(H,27,28). The molecule has 0 aromatic heterocycles. The third kappa shape index (κ3) is 8.41. The van der Waals surface area contributed by atoms with E-state index in [1.807, 2.05) is 0 Å². The van der Waals surface area contributed by atoms with Crippen molar-refractivity contribution in [2.75, 3.05) is 33.0 Å². The van der Waals surface area contributed by atoms with Crippen LogP contribution in [0.2, 0.25) is 0 Å². The zero-order valence-corrected chi connectivity index (χ0v) is 18.5. The molecule has 0 heterocycles. The second-order valence-corrected chi connectivity index (χ2v) is 7.15. The SMILES string of the molecule is C=C(COC(=O)C(=C(C(O)CO)C(O)CO)C(O)C(O)(CCC(=O)O)C(O)CO)C(=O)OCC. The Labute approximate surface area is 194 Å². The van der Waals surface area contributed by atoms with Crippen molar-refractivity contribution >= 4 is 17.9 Å². The van der Waals surface area contributed by atoms with Gasteiger partial charge >= 0.3 is 17.9 Å². The van der Waals surface area contributed by atoms with E-state index in [4.69, 9.17) is 9.84 Å². The summed E-state index contributed by atoms with van der Waals surface area (Å²) in [7, 11) is 0. The predicted octanol–water partition coefficient (Wildman–Crippen LogP) is -4.04. The van der Waals surface area contributed by atoms with E-state index in [1.165, 1.54) is 6.92 Å². The molecule has 0 aromatic rings. The van der Waals surface area contributed by atoms with Crippen LogP contribution in [0.25, 0.3) is 0 Å². The number of carboxylic acids is 1. The normalized spacial score (nSPS) is 16.4. The Bertz CT molecular complexity index is 736. The molecule has 14 nitrogen and oxygen atoms in total. The molecule has 34 heavy (non-hydrogen) atoms. The number of aliphatic carboxylic acids is 1. The number of carbonyl (C=O) groups is 3. The molecular weight excluding hydrogens is 464 g/mol. The van der Waals surface area contributed by atoms with E-state index in [-0.39, 0.29) is 12.2 Å². The molecule has 0 saturated carbocycles. The summed E-state index contributed by atoms with van der Waals surface area (Å²) in [6, 6.07) is 0. The topological polar surface area (TPSA) is 252 Å². The number of aliphatic hydroxyl groups is 8. The minimum Gasteiger partial charge on any atom is -0.481 e. The lowest BCUT2D eigenvalue weighted by atomic mass is 9.79. The van der Waals surface area contributed by atoms with Crippen molar-refractivity contribution in [3.8, 4) is 0 Å². The van der Waals surface area contributed by atoms with Crippen LogP contribution in [0.1, 0.15) is 19.8 Å². The molecule has 0 fully saturated rings. The predicted molar refractivity (Wildman–Crippen MR) is 111 cm³/mol. The number of carbonyl (C=O) groups excluding carboxylic acids is 2. The molecule has 0 aliphatic carbocycles. The zero-order valence-electron chi connectivity index (χ0n) is 18.5. The number of esters is 2. The molecule has 5 unspecified atom stereocenters. The van der Waals surface area contributed by atoms with Gasteiger partial charge in [0, 0.05) is 12.0 Å². The molecule has 0 rings (SSSR count). The van der Waals surface area contributed by atoms with E-state index in [0.717, 1.165) is 0 Å². The molecule has 14 heteroatoms. The van der Waals surface area contributed by atoms with Gasteiger partial charge in [0.25, 0.3) is 0 Å². The van der Waals surface area contributed by atoms with Crippen molar-refractivity contribution in [3.63, 3.8) is 0 Å². The summed E-state index contributed by atoms with van der Waals surface area (Å²) >= 11 is 0. The molecule has 0 aliphatic rings. The summed E-state index contributed by atoms with van der Waals surface area (Å²) in [4.78, 5) is 35.5. The molecule has 0 bridgehead atoms. The second kappa shape index (κ2) is 14.7. The monoisotopic (exact) mass is 496 g/mol. The largest absolute Gasteiger partial charge is 0.481 e. The molecule has 0 saturated heterocycles. The second-order valence-electron chi connectivity index (χ2n) is 7.15. The van der Waals surface area contributed by atoms with Gasteiger partial charge in [-0.15, -0.1) is 0 Å². The Kier molecular flexibility index (Phi) is 13.7. The fourth-order valence-corrected chi connectivity index (χ4v) is 2.89. The fraction of sp³-hybridized carbons (Fsp3) is 0.650. The van der Waals surface area contributed by atoms with Crippen LogP contribution in [0.15, 0.2) is 23.3 Å². The lowest BCUT2D eigenvalue weighted by molar-refractivity contribution is -0.164. The Morgan fingerprint density at radius 2 is 1.44 bits per heavy atom. The summed E-state index contributed by atoms with van der Waals surface area (Å²) < 4.78 is 9.51. The summed E-state index contributed by atoms with van der Waals surface area (Å²) in [6.45, 7) is 0.463. The van der Waals surface area contributed by atoms with E-state index in [1.54, 1.807) is 0 Å². The van der Waals surface area contributed by atoms with Gasteiger partial charge in [-0.2, -0.15) is 0 Å². The molecule has 9 N–H and O–H groups in total. The maximum atomic E-state index is 12.9. The number of rotatable bonds is 16. The van der Waals surface area contributed by atoms with Crippen LogP contribution in [-0.2, 0) is 23.9 Å². The Hall–Kier alpha value is -2.43. The third-order valence-corrected chi connectivity index (χ3v) is 4.77. The highest BCUT2D eigenvalue weighted by Crippen LogP contribution is 2.31. The molecule has 0 aromatic carbocycles. The summed E-state index contributed by atoms with van der Waals surface area (Å²) in [5, 5.41) is 88.9. The van der Waals surface area contributed by atoms with Gasteiger partial charge in [-0.1, -0.05) is 6.58 Å². The average molecular weight is 496 g/mol. The molecule has 0 aliphatic heterocycles. The maximum absolute atomic E-state index is 12.9. The van der Waals surface area contributed by atoms with Crippen molar-refractivity contribution in [3.05, 3.63) is 23.3 Å². The molecule has 196 valence electrons. The van der Waals surface area contributed by atoms with Crippen LogP contribution in [0.3, 0.4) is 0 Å². The van der Waals surface area contributed by atoms with Gasteiger partial charge in [0.05, 0.1) is 37.6 Å². The zero-order chi connectivity index (χ0) is 26.6. The van der Waals surface area contributed by atoms with Gasteiger partial charge in [-0.25, -0.2) is 9.59 Å². The van der Waals surface area contributed by atoms with Gasteiger partial charge in [0.15, 0.2) is 0 Å². The number of hydrogen-bond donors (Lipinski definition) is 9. The van der Waals surface area contributed by atoms with Crippen molar-refractivity contribution < 1.29 is 69.8 Å². The van der Waals surface area contributed by atoms with Gasteiger partial charge < -0.3 is 55.4 Å². The summed E-state index contributed by atoms with van der Waals surface area (Å²) in [5.74, 6) is -4.03. The van der Waals surface area contributed by atoms with Gasteiger partial charge in [-0.3, -0.25) is 4.79 Å². The first-order valence-corrected chi connectivity index (χ1v) is 10.1. The molecule has 0 spiro atoms. The average Bonchev–Trinajstić information content (AvgIpc) is 2.81. The van der Waals surface area contributed by atoms with Crippen LogP contribution < -0.4 is 0 Å². The smallest absolute Gasteiger partial charge is 0.337 e. The quantitative estimate of drug-likeness (QED) is 0.0729. The molecule has 0 amide bonds. The highest BCUT2D eigenvalue weighted by Gasteiger charge is 2.48. The van der Waals surface area contributed by atoms with Crippen molar-refractivity contribution in [1.82, 2.24) is 0 Å². The van der Waals surface area contributed by atoms with Crippen LogP contribution in [-0.4, -0.2) is 127 Å². The van der Waals surface area contributed by atoms with Crippen molar-refractivity contribution in [1.29, 1.82) is 0 Å². The maximum Gasteiger partial charge on any atom is 0.337 e. The van der Waals surface area contributed by atoms with E-state index in [9.17, 15) is 55.2 Å². The van der Waals surface area contributed by atoms with Gasteiger partial charge in [-0.05, 0) is 13.3 Å². The first-order valence-electron chi connectivity index (χ1n) is 10.1. The number of aliphatic hydroxyl groups excluding tert-OH is 7. The molecule has 5 atom stereocenters. The molecular formula is C20H32O14. The van der Waals surface area contributed by atoms with E-state index < -0.39 is 98.3 Å². The first-order chi connectivity index (χ1) is 15.8. The van der Waals surface area contributed by atoms with E-state index >= 15 is 0 Å². The Morgan fingerprint density at radius 3 is 1.85 bits per heavy atom. The van der Waals surface area contributed by atoms with Crippen LogP contribution in [0.5, 0.6) is 0 Å². The van der Waals surface area contributed by atoms with Gasteiger partial charge in [0.1, 0.15) is 36.6 Å². The Balaban J connectivity index is 6.60.